The summed E-state index contributed by atoms with van der Waals surface area (Å²) in [5, 5.41) is 7.30. The molecule has 4 aromatic rings. The summed E-state index contributed by atoms with van der Waals surface area (Å²) in [5.74, 6) is 0.250. The number of carbonyl (C=O) groups is 1. The first-order valence-corrected chi connectivity index (χ1v) is 11.2. The molecule has 178 valence electrons. The molecule has 0 bridgehead atoms. The molecule has 0 aliphatic rings. The third-order valence-electron chi connectivity index (χ3n) is 4.95. The van der Waals surface area contributed by atoms with Crippen molar-refractivity contribution in [1.82, 2.24) is 9.66 Å². The number of benzene rings is 3. The normalized spacial score (nSPS) is 11.1. The van der Waals surface area contributed by atoms with Crippen molar-refractivity contribution in [1.29, 1.82) is 0 Å². The number of aryl methyl sites for hydroxylation is 1. The molecule has 0 fully saturated rings. The second kappa shape index (κ2) is 10.5. The van der Waals surface area contributed by atoms with E-state index in [2.05, 4.69) is 31.3 Å². The Kier molecular flexibility index (Phi) is 7.21. The number of nitrogens with one attached hydrogen (secondary N) is 1. The van der Waals surface area contributed by atoms with Crippen molar-refractivity contribution >= 4 is 44.6 Å². The molecule has 1 N–H and O–H groups in total. The molecule has 0 aliphatic heterocycles. The van der Waals surface area contributed by atoms with Crippen LogP contribution in [0.4, 0.5) is 10.1 Å². The maximum atomic E-state index is 13.3. The Balaban J connectivity index is 1.49. The van der Waals surface area contributed by atoms with Crippen molar-refractivity contribution in [3.63, 3.8) is 0 Å². The van der Waals surface area contributed by atoms with Crippen molar-refractivity contribution in [3.8, 4) is 11.5 Å². The summed E-state index contributed by atoms with van der Waals surface area (Å²) in [4.78, 5) is 29.5. The zero-order chi connectivity index (χ0) is 24.9. The number of fused-ring (bicyclic) bond motifs is 1. The molecular formula is C25H20BrFN4O4. The number of amides is 1. The molecule has 0 spiro atoms. The highest BCUT2D eigenvalue weighted by molar-refractivity contribution is 9.10. The molecule has 35 heavy (non-hydrogen) atoms. The molecule has 0 saturated carbocycles. The summed E-state index contributed by atoms with van der Waals surface area (Å²) in [6, 6.07) is 15.9. The Labute approximate surface area is 208 Å². The van der Waals surface area contributed by atoms with E-state index in [1.807, 2.05) is 6.07 Å². The van der Waals surface area contributed by atoms with Gasteiger partial charge in [-0.3, -0.25) is 9.59 Å². The number of hydrogen-bond acceptors (Lipinski definition) is 6. The van der Waals surface area contributed by atoms with Crippen LogP contribution in [0.1, 0.15) is 11.4 Å². The van der Waals surface area contributed by atoms with Crippen LogP contribution in [0.25, 0.3) is 10.9 Å². The number of halogens is 2. The second-order valence-corrected chi connectivity index (χ2v) is 8.36. The van der Waals surface area contributed by atoms with Crippen LogP contribution in [0.5, 0.6) is 11.5 Å². The summed E-state index contributed by atoms with van der Waals surface area (Å²) in [5.41, 5.74) is 1.27. The van der Waals surface area contributed by atoms with Gasteiger partial charge in [-0.2, -0.15) is 9.78 Å². The number of ether oxygens (including phenoxy) is 2. The van der Waals surface area contributed by atoms with E-state index in [4.69, 9.17) is 9.47 Å². The monoisotopic (exact) mass is 538 g/mol. The number of aromatic nitrogens is 2. The smallest absolute Gasteiger partial charge is 0.282 e. The summed E-state index contributed by atoms with van der Waals surface area (Å²) in [6.07, 6.45) is 1.50. The lowest BCUT2D eigenvalue weighted by molar-refractivity contribution is -0.118. The Morgan fingerprint density at radius 2 is 2.00 bits per heavy atom. The van der Waals surface area contributed by atoms with Crippen LogP contribution >= 0.6 is 15.9 Å². The molecule has 0 aliphatic carbocycles. The molecule has 0 radical (unpaired) electrons. The van der Waals surface area contributed by atoms with Gasteiger partial charge in [0.25, 0.3) is 11.5 Å². The van der Waals surface area contributed by atoms with Gasteiger partial charge in [0.05, 0.1) is 24.2 Å². The number of anilines is 1. The van der Waals surface area contributed by atoms with Gasteiger partial charge < -0.3 is 14.8 Å². The summed E-state index contributed by atoms with van der Waals surface area (Å²) >= 11 is 3.37. The van der Waals surface area contributed by atoms with Crippen molar-refractivity contribution in [2.75, 3.05) is 19.0 Å². The first-order valence-electron chi connectivity index (χ1n) is 10.4. The van der Waals surface area contributed by atoms with E-state index in [9.17, 15) is 14.0 Å². The molecule has 0 atom stereocenters. The largest absolute Gasteiger partial charge is 0.493 e. The van der Waals surface area contributed by atoms with Crippen LogP contribution in [0.15, 0.2) is 75.0 Å². The molecule has 8 nitrogen and oxygen atoms in total. The summed E-state index contributed by atoms with van der Waals surface area (Å²) < 4.78 is 26.2. The maximum Gasteiger partial charge on any atom is 0.282 e. The minimum absolute atomic E-state index is 0.290. The van der Waals surface area contributed by atoms with Gasteiger partial charge in [0.2, 0.25) is 0 Å². The van der Waals surface area contributed by atoms with Crippen LogP contribution in [-0.2, 0) is 4.79 Å². The van der Waals surface area contributed by atoms with Crippen LogP contribution in [-0.4, -0.2) is 35.5 Å². The molecule has 10 heteroatoms. The van der Waals surface area contributed by atoms with E-state index in [0.717, 1.165) is 4.47 Å². The molecule has 0 saturated heterocycles. The zero-order valence-corrected chi connectivity index (χ0v) is 20.4. The first-order chi connectivity index (χ1) is 16.8. The Bertz CT molecular complexity index is 1500. The minimum atomic E-state index is -0.451. The van der Waals surface area contributed by atoms with Gasteiger partial charge >= 0.3 is 0 Å². The highest BCUT2D eigenvalue weighted by Gasteiger charge is 2.11. The lowest BCUT2D eigenvalue weighted by Gasteiger charge is -2.11. The average Bonchev–Trinajstić information content (AvgIpc) is 2.83. The van der Waals surface area contributed by atoms with Crippen LogP contribution in [0, 0.1) is 12.7 Å². The zero-order valence-electron chi connectivity index (χ0n) is 18.8. The number of rotatable bonds is 7. The second-order valence-electron chi connectivity index (χ2n) is 7.44. The van der Waals surface area contributed by atoms with E-state index < -0.39 is 11.7 Å². The van der Waals surface area contributed by atoms with Crippen molar-refractivity contribution in [3.05, 3.63) is 92.7 Å². The van der Waals surface area contributed by atoms with Crippen LogP contribution < -0.4 is 20.3 Å². The lowest BCUT2D eigenvalue weighted by atomic mass is 10.2. The third kappa shape index (κ3) is 5.72. The molecule has 0 unspecified atom stereocenters. The van der Waals surface area contributed by atoms with Gasteiger partial charge in [-0.05, 0) is 67.1 Å². The van der Waals surface area contributed by atoms with E-state index in [1.165, 1.54) is 36.2 Å². The van der Waals surface area contributed by atoms with Gasteiger partial charge in [0.1, 0.15) is 11.6 Å². The number of methoxy groups -OCH3 is 1. The van der Waals surface area contributed by atoms with E-state index in [0.29, 0.717) is 39.5 Å². The number of carbonyl (C=O) groups excluding carboxylic acids is 1. The number of hydrogen-bond donors (Lipinski definition) is 1. The molecule has 3 aromatic carbocycles. The highest BCUT2D eigenvalue weighted by Crippen LogP contribution is 2.27. The highest BCUT2D eigenvalue weighted by atomic mass is 79.9. The van der Waals surface area contributed by atoms with Gasteiger partial charge in [-0.25, -0.2) is 9.37 Å². The van der Waals surface area contributed by atoms with E-state index in [-0.39, 0.29) is 12.2 Å². The van der Waals surface area contributed by atoms with Gasteiger partial charge in [0, 0.05) is 10.2 Å². The fourth-order valence-corrected chi connectivity index (χ4v) is 3.67. The average molecular weight is 539 g/mol. The van der Waals surface area contributed by atoms with Crippen molar-refractivity contribution < 1.29 is 18.7 Å². The van der Waals surface area contributed by atoms with E-state index >= 15 is 0 Å². The predicted molar refractivity (Wildman–Crippen MR) is 135 cm³/mol. The molecule has 1 heterocycles. The molecular weight excluding hydrogens is 519 g/mol. The SMILES string of the molecule is COc1cc(C=Nn2c(C)nc3ccc(Br)cc3c2=O)ccc1OCC(=O)Nc1cccc(F)c1. The van der Waals surface area contributed by atoms with Crippen molar-refractivity contribution in [2.24, 2.45) is 5.10 Å². The maximum absolute atomic E-state index is 13.3. The van der Waals surface area contributed by atoms with Gasteiger partial charge in [-0.15, -0.1) is 0 Å². The molecule has 4 rings (SSSR count). The number of nitrogens with zero attached hydrogens (tertiary/aromatic N) is 3. The van der Waals surface area contributed by atoms with Gasteiger partial charge in [0.15, 0.2) is 18.1 Å². The molecule has 1 aromatic heterocycles. The first kappa shape index (κ1) is 24.1. The summed E-state index contributed by atoms with van der Waals surface area (Å²) in [7, 11) is 1.47. The van der Waals surface area contributed by atoms with Crippen LogP contribution in [0.2, 0.25) is 0 Å². The topological polar surface area (TPSA) is 94.8 Å². The Morgan fingerprint density at radius 1 is 1.17 bits per heavy atom. The van der Waals surface area contributed by atoms with Crippen molar-refractivity contribution in [2.45, 2.75) is 6.92 Å². The lowest BCUT2D eigenvalue weighted by Crippen LogP contribution is -2.20. The quantitative estimate of drug-likeness (QED) is 0.349. The van der Waals surface area contributed by atoms with Gasteiger partial charge in [-0.1, -0.05) is 22.0 Å². The minimum Gasteiger partial charge on any atom is -0.493 e. The fourth-order valence-electron chi connectivity index (χ4n) is 3.31. The summed E-state index contributed by atoms with van der Waals surface area (Å²) in [6.45, 7) is 1.40. The third-order valence-corrected chi connectivity index (χ3v) is 5.44. The van der Waals surface area contributed by atoms with Crippen LogP contribution in [0.3, 0.4) is 0 Å². The van der Waals surface area contributed by atoms with E-state index in [1.54, 1.807) is 43.3 Å². The Hall–Kier alpha value is -4.05. The fraction of sp³-hybridized carbons (Fsp3) is 0.120. The predicted octanol–water partition coefficient (Wildman–Crippen LogP) is 4.51. The molecule has 1 amide bonds. The Morgan fingerprint density at radius 3 is 2.77 bits per heavy atom. The standard InChI is InChI=1S/C25H20BrFN4O4/c1-15-29-21-8-7-17(26)11-20(21)25(33)31(15)28-13-16-6-9-22(23(10-16)34-2)35-14-24(32)30-19-5-3-4-18(27)12-19/h3-13H,14H2,1-2H3,(H,30,32).